The fourth-order valence-electron chi connectivity index (χ4n) is 3.30. The van der Waals surface area contributed by atoms with Gasteiger partial charge >= 0.3 is 5.97 Å². The van der Waals surface area contributed by atoms with Gasteiger partial charge in [-0.2, -0.15) is 0 Å². The molecule has 8 nitrogen and oxygen atoms in total. The number of carbonyl (C=O) groups is 2. The molecule has 0 atom stereocenters. The van der Waals surface area contributed by atoms with Crippen LogP contribution < -0.4 is 10.7 Å². The molecule has 0 unspecified atom stereocenters. The Bertz CT molecular complexity index is 1120. The molecule has 0 bridgehead atoms. The molecule has 3 N–H and O–H groups in total. The van der Waals surface area contributed by atoms with E-state index in [1.165, 1.54) is 35.3 Å². The Hall–Kier alpha value is -3.07. The zero-order chi connectivity index (χ0) is 19.0. The number of carboxylic acid groups (broad SMARTS) is 1. The van der Waals surface area contributed by atoms with Crippen LogP contribution in [0, 0.1) is 0 Å². The lowest BCUT2D eigenvalue weighted by Crippen LogP contribution is -2.33. The highest BCUT2D eigenvalue weighted by Crippen LogP contribution is 2.35. The van der Waals surface area contributed by atoms with E-state index in [1.807, 2.05) is 12.1 Å². The van der Waals surface area contributed by atoms with Gasteiger partial charge in [-0.25, -0.2) is 9.50 Å². The van der Waals surface area contributed by atoms with E-state index in [0.717, 1.165) is 24.2 Å². The van der Waals surface area contributed by atoms with Crippen LogP contribution in [0.25, 0.3) is 5.65 Å². The van der Waals surface area contributed by atoms with Crippen molar-refractivity contribution in [3.05, 3.63) is 57.5 Å². The summed E-state index contributed by atoms with van der Waals surface area (Å²) in [7, 11) is 0. The molecule has 4 rings (SSSR count). The fourth-order valence-corrected chi connectivity index (χ4v) is 4.42. The Labute approximate surface area is 157 Å². The minimum Gasteiger partial charge on any atom is -0.480 e. The number of aromatic amines is 1. The molecule has 0 spiro atoms. The third-order valence-corrected chi connectivity index (χ3v) is 5.59. The number of hydrogen-bond acceptors (Lipinski definition) is 5. The summed E-state index contributed by atoms with van der Waals surface area (Å²) in [5, 5.41) is 14.5. The quantitative estimate of drug-likeness (QED) is 0.613. The van der Waals surface area contributed by atoms with Crippen LogP contribution >= 0.6 is 11.8 Å². The summed E-state index contributed by atoms with van der Waals surface area (Å²) >= 11 is 1.45. The number of aromatic nitrogens is 3. The van der Waals surface area contributed by atoms with Crippen molar-refractivity contribution in [3.63, 3.8) is 0 Å². The number of rotatable bonds is 5. The number of carbonyl (C=O) groups excluding carboxylic acids is 1. The molecule has 2 heterocycles. The van der Waals surface area contributed by atoms with Crippen molar-refractivity contribution in [1.82, 2.24) is 19.9 Å². The Morgan fingerprint density at radius 1 is 1.33 bits per heavy atom. The molecule has 0 radical (unpaired) electrons. The van der Waals surface area contributed by atoms with Gasteiger partial charge in [0, 0.05) is 11.0 Å². The number of fused-ring (bicyclic) bond motifs is 2. The number of aryl methyl sites for hydroxylation is 1. The van der Waals surface area contributed by atoms with Gasteiger partial charge in [-0.3, -0.25) is 19.5 Å². The number of benzene rings is 1. The molecule has 1 aromatic carbocycles. The van der Waals surface area contributed by atoms with Crippen LogP contribution in [0.4, 0.5) is 0 Å². The third kappa shape index (κ3) is 3.21. The fraction of sp³-hybridized carbons (Fsp3) is 0.222. The van der Waals surface area contributed by atoms with Gasteiger partial charge in [0.2, 0.25) is 0 Å². The number of H-pyrrole nitrogens is 1. The average molecular weight is 384 g/mol. The van der Waals surface area contributed by atoms with Crippen molar-refractivity contribution in [3.8, 4) is 0 Å². The first-order valence-corrected chi connectivity index (χ1v) is 9.24. The Morgan fingerprint density at radius 3 is 3.00 bits per heavy atom. The normalized spacial score (nSPS) is 12.9. The number of pyridine rings is 1. The molecule has 1 aliphatic carbocycles. The monoisotopic (exact) mass is 384 g/mol. The topological polar surface area (TPSA) is 117 Å². The molecule has 9 heteroatoms. The third-order valence-electron chi connectivity index (χ3n) is 4.48. The van der Waals surface area contributed by atoms with Crippen molar-refractivity contribution in [2.75, 3.05) is 6.54 Å². The molecule has 1 aliphatic rings. The summed E-state index contributed by atoms with van der Waals surface area (Å²) in [5.74, 6) is -1.95. The zero-order valence-electron chi connectivity index (χ0n) is 14.2. The van der Waals surface area contributed by atoms with Crippen LogP contribution in [-0.2, 0) is 17.6 Å². The van der Waals surface area contributed by atoms with E-state index in [4.69, 9.17) is 5.11 Å². The maximum Gasteiger partial charge on any atom is 0.322 e. The highest BCUT2D eigenvalue weighted by molar-refractivity contribution is 7.99. The molecular formula is C18H16N4O4S. The standard InChI is InChI=1S/C18H16N4O4S/c23-12-7-14(27-13-6-2-4-10-3-1-5-11(10)13)22-17(20-9-21-22)16(12)18(26)19-8-15(24)25/h2,4,6-7,9H,1,3,5,8H2,(H,19,26)(H,20,21)(H,24,25). The highest BCUT2D eigenvalue weighted by atomic mass is 32.2. The first-order valence-electron chi connectivity index (χ1n) is 8.42. The van der Waals surface area contributed by atoms with Gasteiger partial charge in [-0.1, -0.05) is 23.9 Å². The Morgan fingerprint density at radius 2 is 2.19 bits per heavy atom. The zero-order valence-corrected chi connectivity index (χ0v) is 15.0. The second kappa shape index (κ2) is 6.92. The van der Waals surface area contributed by atoms with E-state index in [0.29, 0.717) is 5.03 Å². The SMILES string of the molecule is O=C(O)CNC(=O)c1c(=O)cc(Sc2cccc3c2CCC3)n2[nH]cnc12. The van der Waals surface area contributed by atoms with Gasteiger partial charge in [0.25, 0.3) is 5.91 Å². The van der Waals surface area contributed by atoms with Gasteiger partial charge < -0.3 is 10.4 Å². The second-order valence-corrected chi connectivity index (χ2v) is 7.26. The lowest BCUT2D eigenvalue weighted by atomic mass is 10.1. The predicted molar refractivity (Wildman–Crippen MR) is 98.4 cm³/mol. The summed E-state index contributed by atoms with van der Waals surface area (Å²) in [4.78, 5) is 40.7. The summed E-state index contributed by atoms with van der Waals surface area (Å²) in [6.45, 7) is -0.568. The number of aliphatic carboxylic acids is 1. The van der Waals surface area contributed by atoms with Crippen LogP contribution in [0.5, 0.6) is 0 Å². The molecule has 0 saturated carbocycles. The van der Waals surface area contributed by atoms with Crippen molar-refractivity contribution in [2.45, 2.75) is 29.2 Å². The van der Waals surface area contributed by atoms with E-state index in [1.54, 1.807) is 4.52 Å². The number of nitrogens with zero attached hydrogens (tertiary/aromatic N) is 2. The first-order chi connectivity index (χ1) is 13.0. The summed E-state index contributed by atoms with van der Waals surface area (Å²) in [6, 6.07) is 7.53. The lowest BCUT2D eigenvalue weighted by Gasteiger charge is -2.10. The molecule has 3 aromatic rings. The second-order valence-electron chi connectivity index (χ2n) is 6.19. The summed E-state index contributed by atoms with van der Waals surface area (Å²) < 4.78 is 1.57. The number of amides is 1. The van der Waals surface area contributed by atoms with Crippen molar-refractivity contribution in [2.24, 2.45) is 0 Å². The molecular weight excluding hydrogens is 368 g/mol. The average Bonchev–Trinajstić information content (AvgIpc) is 3.29. The van der Waals surface area contributed by atoms with E-state index in [9.17, 15) is 14.4 Å². The van der Waals surface area contributed by atoms with Gasteiger partial charge in [0.1, 0.15) is 23.5 Å². The maximum absolute atomic E-state index is 12.6. The van der Waals surface area contributed by atoms with Crippen molar-refractivity contribution >= 4 is 29.3 Å². The summed E-state index contributed by atoms with van der Waals surface area (Å²) in [6.07, 6.45) is 4.58. The maximum atomic E-state index is 12.6. The number of carboxylic acids is 1. The molecule has 0 fully saturated rings. The van der Waals surface area contributed by atoms with Crippen LogP contribution in [0.15, 0.2) is 45.3 Å². The number of nitrogens with one attached hydrogen (secondary N) is 2. The van der Waals surface area contributed by atoms with Gasteiger partial charge in [-0.15, -0.1) is 0 Å². The molecule has 0 aliphatic heterocycles. The largest absolute Gasteiger partial charge is 0.480 e. The predicted octanol–water partition coefficient (Wildman–Crippen LogP) is 1.48. The van der Waals surface area contributed by atoms with Crippen LogP contribution in [0.2, 0.25) is 0 Å². The van der Waals surface area contributed by atoms with E-state index in [2.05, 4.69) is 21.5 Å². The molecule has 1 amide bonds. The molecule has 0 saturated heterocycles. The van der Waals surface area contributed by atoms with Crippen LogP contribution in [-0.4, -0.2) is 38.1 Å². The van der Waals surface area contributed by atoms with Crippen molar-refractivity contribution in [1.29, 1.82) is 0 Å². The highest BCUT2D eigenvalue weighted by Gasteiger charge is 2.21. The van der Waals surface area contributed by atoms with Gasteiger partial charge in [-0.05, 0) is 36.5 Å². The van der Waals surface area contributed by atoms with Crippen LogP contribution in [0.1, 0.15) is 27.9 Å². The molecule has 27 heavy (non-hydrogen) atoms. The number of hydrogen-bond donors (Lipinski definition) is 3. The minimum atomic E-state index is -1.19. The molecule has 2 aromatic heterocycles. The summed E-state index contributed by atoms with van der Waals surface area (Å²) in [5.41, 5.74) is 2.12. The van der Waals surface area contributed by atoms with Crippen molar-refractivity contribution < 1.29 is 14.7 Å². The smallest absolute Gasteiger partial charge is 0.322 e. The van der Waals surface area contributed by atoms with E-state index in [-0.39, 0.29) is 11.2 Å². The Balaban J connectivity index is 1.74. The molecule has 138 valence electrons. The van der Waals surface area contributed by atoms with E-state index < -0.39 is 23.9 Å². The van der Waals surface area contributed by atoms with Gasteiger partial charge in [0.05, 0.1) is 0 Å². The van der Waals surface area contributed by atoms with Crippen LogP contribution in [0.3, 0.4) is 0 Å². The first kappa shape index (κ1) is 17.3. The lowest BCUT2D eigenvalue weighted by molar-refractivity contribution is -0.135. The van der Waals surface area contributed by atoms with Gasteiger partial charge in [0.15, 0.2) is 11.1 Å². The van der Waals surface area contributed by atoms with E-state index >= 15 is 0 Å². The Kier molecular flexibility index (Phi) is 4.44. The minimum absolute atomic E-state index is 0.167.